The molecule has 4 heterocycles. The number of fused-ring (bicyclic) bond motifs is 1. The molecule has 0 aromatic carbocycles. The van der Waals surface area contributed by atoms with E-state index < -0.39 is 12.6 Å². The van der Waals surface area contributed by atoms with Crippen molar-refractivity contribution >= 4 is 27.4 Å². The van der Waals surface area contributed by atoms with E-state index in [0.29, 0.717) is 33.6 Å². The van der Waals surface area contributed by atoms with E-state index in [2.05, 4.69) is 39.3 Å². The monoisotopic (exact) mass is 441 g/mol. The average molecular weight is 442 g/mol. The van der Waals surface area contributed by atoms with Gasteiger partial charge in [-0.3, -0.25) is 0 Å². The molecule has 2 fully saturated rings. The first-order chi connectivity index (χ1) is 14.3. The Morgan fingerprint density at radius 2 is 2.03 bits per heavy atom. The van der Waals surface area contributed by atoms with E-state index in [0.717, 1.165) is 68.0 Å². The van der Waals surface area contributed by atoms with Gasteiger partial charge in [0.05, 0.1) is 11.8 Å². The summed E-state index contributed by atoms with van der Waals surface area (Å²) >= 11 is 1.12. The van der Waals surface area contributed by atoms with Gasteiger partial charge in [0.25, 0.3) is 0 Å². The molecule has 2 aliphatic rings. The maximum Gasteiger partial charge on any atom is 0.393 e. The largest absolute Gasteiger partial charge is 0.393 e. The van der Waals surface area contributed by atoms with Gasteiger partial charge >= 0.3 is 6.18 Å². The van der Waals surface area contributed by atoms with E-state index in [4.69, 9.17) is 0 Å². The van der Waals surface area contributed by atoms with E-state index in [1.165, 1.54) is 6.33 Å². The first-order valence-electron chi connectivity index (χ1n) is 10.8. The molecule has 0 saturated carbocycles. The lowest BCUT2D eigenvalue weighted by Gasteiger charge is -2.39. The zero-order chi connectivity index (χ0) is 21.3. The maximum absolute atomic E-state index is 12.8. The molecule has 9 heteroatoms. The van der Waals surface area contributed by atoms with Crippen LogP contribution in [-0.2, 0) is 6.42 Å². The second-order valence-electron chi connectivity index (χ2n) is 8.89. The Bertz CT molecular complexity index is 849. The van der Waals surface area contributed by atoms with Crippen LogP contribution < -0.4 is 15.5 Å². The molecule has 0 aliphatic carbocycles. The third-order valence-electron chi connectivity index (χ3n) is 6.23. The summed E-state index contributed by atoms with van der Waals surface area (Å²) in [4.78, 5) is 11.8. The minimum Gasteiger partial charge on any atom is -0.356 e. The zero-order valence-corrected chi connectivity index (χ0v) is 18.3. The van der Waals surface area contributed by atoms with Crippen molar-refractivity contribution in [3.8, 4) is 0 Å². The van der Waals surface area contributed by atoms with E-state index in [1.807, 2.05) is 0 Å². The number of nitrogens with one attached hydrogen (secondary N) is 2. The SMILES string of the molecule is CC(C)[C@H](N[C@@H]1CCCN(c2ncnc3sc(CC(F)(F)F)cc23)CC1)C1CNC1. The van der Waals surface area contributed by atoms with Crippen molar-refractivity contribution in [1.29, 1.82) is 0 Å². The molecule has 0 amide bonds. The van der Waals surface area contributed by atoms with Crippen LogP contribution in [0.2, 0.25) is 0 Å². The summed E-state index contributed by atoms with van der Waals surface area (Å²) < 4.78 is 38.5. The molecule has 2 atom stereocenters. The fourth-order valence-corrected chi connectivity index (χ4v) is 5.64. The maximum atomic E-state index is 12.8. The Morgan fingerprint density at radius 1 is 1.23 bits per heavy atom. The zero-order valence-electron chi connectivity index (χ0n) is 17.5. The van der Waals surface area contributed by atoms with Crippen molar-refractivity contribution < 1.29 is 13.2 Å². The van der Waals surface area contributed by atoms with E-state index in [-0.39, 0.29) is 0 Å². The highest BCUT2D eigenvalue weighted by Gasteiger charge is 2.32. The molecular weight excluding hydrogens is 411 g/mol. The summed E-state index contributed by atoms with van der Waals surface area (Å²) in [5, 5.41) is 8.03. The minimum atomic E-state index is -4.21. The van der Waals surface area contributed by atoms with Crippen molar-refractivity contribution in [2.75, 3.05) is 31.1 Å². The standard InChI is InChI=1S/C21H30F3N5S/c1-13(2)18(14-10-25-11-14)28-15-4-3-6-29(7-5-15)19-17-8-16(9-21(22,23)24)30-20(17)27-12-26-19/h8,12-15,18,25,28H,3-7,9-11H2,1-2H3/t15-,18+/m1/s1. The number of aromatic nitrogens is 2. The molecule has 2 aliphatic heterocycles. The van der Waals surface area contributed by atoms with Crippen molar-refractivity contribution in [2.24, 2.45) is 11.8 Å². The highest BCUT2D eigenvalue weighted by Crippen LogP contribution is 2.34. The van der Waals surface area contributed by atoms with E-state index in [1.54, 1.807) is 6.07 Å². The predicted molar refractivity (Wildman–Crippen MR) is 115 cm³/mol. The summed E-state index contributed by atoms with van der Waals surface area (Å²) in [5.74, 6) is 2.06. The molecule has 2 aromatic heterocycles. The number of thiophene rings is 1. The summed E-state index contributed by atoms with van der Waals surface area (Å²) in [7, 11) is 0. The summed E-state index contributed by atoms with van der Waals surface area (Å²) in [6.07, 6.45) is -0.489. The average Bonchev–Trinajstić information content (AvgIpc) is 2.87. The number of halogens is 3. The molecule has 5 nitrogen and oxygen atoms in total. The molecular formula is C21H30F3N5S. The topological polar surface area (TPSA) is 53.1 Å². The van der Waals surface area contributed by atoms with Crippen LogP contribution in [0.1, 0.15) is 38.0 Å². The summed E-state index contributed by atoms with van der Waals surface area (Å²) in [6, 6.07) is 2.61. The second kappa shape index (κ2) is 8.96. The number of anilines is 1. The van der Waals surface area contributed by atoms with Crippen LogP contribution in [0.3, 0.4) is 0 Å². The Balaban J connectivity index is 1.45. The molecule has 166 valence electrons. The second-order valence-corrected chi connectivity index (χ2v) is 10.0. The highest BCUT2D eigenvalue weighted by atomic mass is 32.1. The Morgan fingerprint density at radius 3 is 2.70 bits per heavy atom. The lowest BCUT2D eigenvalue weighted by Crippen LogP contribution is -2.57. The van der Waals surface area contributed by atoms with Crippen molar-refractivity contribution in [2.45, 2.75) is 57.8 Å². The Labute approximate surface area is 179 Å². The van der Waals surface area contributed by atoms with Gasteiger partial charge in [-0.1, -0.05) is 13.8 Å². The van der Waals surface area contributed by atoms with Crippen molar-refractivity contribution in [1.82, 2.24) is 20.6 Å². The fraction of sp³-hybridized carbons (Fsp3) is 0.714. The number of alkyl halides is 3. The number of hydrogen-bond donors (Lipinski definition) is 2. The van der Waals surface area contributed by atoms with Crippen LogP contribution in [0.25, 0.3) is 10.2 Å². The van der Waals surface area contributed by atoms with Gasteiger partial charge in [-0.05, 0) is 37.2 Å². The molecule has 0 radical (unpaired) electrons. The van der Waals surface area contributed by atoms with E-state index >= 15 is 0 Å². The summed E-state index contributed by atoms with van der Waals surface area (Å²) in [6.45, 7) is 8.46. The smallest absolute Gasteiger partial charge is 0.356 e. The van der Waals surface area contributed by atoms with Crippen LogP contribution in [0, 0.1) is 11.8 Å². The highest BCUT2D eigenvalue weighted by molar-refractivity contribution is 7.18. The van der Waals surface area contributed by atoms with Gasteiger partial charge in [0.1, 0.15) is 17.0 Å². The number of rotatable bonds is 6. The molecule has 0 unspecified atom stereocenters. The van der Waals surface area contributed by atoms with Gasteiger partial charge < -0.3 is 15.5 Å². The third kappa shape index (κ3) is 5.06. The fourth-order valence-electron chi connectivity index (χ4n) is 4.61. The van der Waals surface area contributed by atoms with Gasteiger partial charge in [0, 0.05) is 43.1 Å². The number of hydrogen-bond acceptors (Lipinski definition) is 6. The molecule has 2 N–H and O–H groups in total. The quantitative estimate of drug-likeness (QED) is 0.710. The normalized spacial score (nSPS) is 22.3. The molecule has 0 bridgehead atoms. The lowest BCUT2D eigenvalue weighted by atomic mass is 9.85. The molecule has 4 rings (SSSR count). The van der Waals surface area contributed by atoms with Crippen molar-refractivity contribution in [3.05, 3.63) is 17.3 Å². The van der Waals surface area contributed by atoms with Gasteiger partial charge in [0.2, 0.25) is 0 Å². The predicted octanol–water partition coefficient (Wildman–Crippen LogP) is 3.99. The minimum absolute atomic E-state index is 0.294. The van der Waals surface area contributed by atoms with Gasteiger partial charge in [0.15, 0.2) is 0 Å². The van der Waals surface area contributed by atoms with Crippen molar-refractivity contribution in [3.63, 3.8) is 0 Å². The number of nitrogens with zero attached hydrogens (tertiary/aromatic N) is 3. The van der Waals surface area contributed by atoms with Crippen LogP contribution >= 0.6 is 11.3 Å². The van der Waals surface area contributed by atoms with Crippen LogP contribution in [0.5, 0.6) is 0 Å². The molecule has 2 saturated heterocycles. The third-order valence-corrected chi connectivity index (χ3v) is 7.27. The lowest BCUT2D eigenvalue weighted by molar-refractivity contribution is -0.126. The van der Waals surface area contributed by atoms with Gasteiger partial charge in [-0.15, -0.1) is 11.3 Å². The molecule has 0 spiro atoms. The Kier molecular flexibility index (Phi) is 6.50. The first kappa shape index (κ1) is 21.8. The van der Waals surface area contributed by atoms with Gasteiger partial charge in [-0.25, -0.2) is 9.97 Å². The molecule has 30 heavy (non-hydrogen) atoms. The van der Waals surface area contributed by atoms with Crippen LogP contribution in [0.15, 0.2) is 12.4 Å². The first-order valence-corrected chi connectivity index (χ1v) is 11.6. The summed E-state index contributed by atoms with van der Waals surface area (Å²) in [5.41, 5.74) is 0. The van der Waals surface area contributed by atoms with E-state index in [9.17, 15) is 13.2 Å². The van der Waals surface area contributed by atoms with Crippen LogP contribution in [0.4, 0.5) is 19.0 Å². The Hall–Kier alpha value is -1.45. The van der Waals surface area contributed by atoms with Crippen LogP contribution in [-0.4, -0.2) is 54.4 Å². The molecule has 2 aromatic rings. The van der Waals surface area contributed by atoms with Gasteiger partial charge in [-0.2, -0.15) is 13.2 Å².